The van der Waals surface area contributed by atoms with E-state index in [1.165, 1.54) is 116 Å². The Balaban J connectivity index is 4.00. The Morgan fingerprint density at radius 3 is 1.32 bits per heavy atom. The fourth-order valence-electron chi connectivity index (χ4n) is 5.90. The molecule has 1 atom stereocenters. The van der Waals surface area contributed by atoms with Crippen LogP contribution in [0.1, 0.15) is 200 Å². The van der Waals surface area contributed by atoms with Gasteiger partial charge in [-0.15, -0.1) is 0 Å². The number of carbonyl (C=O) groups excluding carboxylic acids is 2. The summed E-state index contributed by atoms with van der Waals surface area (Å²) >= 11 is 0. The van der Waals surface area contributed by atoms with Crippen molar-refractivity contribution in [3.05, 3.63) is 48.6 Å². The number of ether oxygens (including phenoxy) is 2. The predicted molar refractivity (Wildman–Crippen MR) is 221 cm³/mol. The Morgan fingerprint density at radius 2 is 0.868 bits per heavy atom. The molecule has 0 aliphatic carbocycles. The summed E-state index contributed by atoms with van der Waals surface area (Å²) < 4.78 is 26.3. The first-order valence-electron chi connectivity index (χ1n) is 21.4. The number of phosphoric ester groups is 1. The average molecular weight is 767 g/mol. The normalized spacial score (nSPS) is 12.9. The van der Waals surface area contributed by atoms with Crippen LogP contribution in [0.2, 0.25) is 0 Å². The number of hydrogen-bond acceptors (Lipinski definition) is 6. The Morgan fingerprint density at radius 1 is 0.491 bits per heavy atom. The lowest BCUT2D eigenvalue weighted by Crippen LogP contribution is -2.29. The highest BCUT2D eigenvalue weighted by Gasteiger charge is 2.22. The minimum atomic E-state index is -4.76. The van der Waals surface area contributed by atoms with Crippen molar-refractivity contribution in [2.45, 2.75) is 206 Å². The molecule has 0 aliphatic heterocycles. The van der Waals surface area contributed by atoms with Gasteiger partial charge in [0.05, 0.1) is 6.61 Å². The van der Waals surface area contributed by atoms with Gasteiger partial charge in [-0.05, 0) is 51.4 Å². The third kappa shape index (κ3) is 42.6. The Bertz CT molecular complexity index is 999. The van der Waals surface area contributed by atoms with Crippen LogP contribution in [0.25, 0.3) is 0 Å². The van der Waals surface area contributed by atoms with Crippen molar-refractivity contribution in [2.75, 3.05) is 13.2 Å². The second-order valence-corrected chi connectivity index (χ2v) is 15.6. The molecule has 0 bridgehead atoms. The van der Waals surface area contributed by atoms with Gasteiger partial charge in [-0.25, -0.2) is 4.57 Å². The standard InChI is InChI=1S/C44H79O8P/c1-3-5-7-9-11-13-15-17-19-20-21-22-23-24-25-27-28-30-32-34-36-38-43(45)50-40-42(41-51-53(47,48)49)52-44(46)39-37-35-33-31-29-26-18-16-14-12-10-8-6-4-2/h19-20,22-23,25,27,30,32,42H,3-18,21,24,26,28-29,31,33-41H2,1-2H3,(H2,47,48,49)/b20-19+,23-22+,27-25+,32-30+/t42-/m1/s1. The molecule has 0 aliphatic rings. The number of esters is 2. The fraction of sp³-hybridized carbons (Fsp3) is 0.773. The molecule has 0 heterocycles. The van der Waals surface area contributed by atoms with Crippen LogP contribution in [-0.2, 0) is 28.2 Å². The van der Waals surface area contributed by atoms with Crippen LogP contribution < -0.4 is 0 Å². The molecule has 8 nitrogen and oxygen atoms in total. The first-order chi connectivity index (χ1) is 25.8. The fourth-order valence-corrected chi connectivity index (χ4v) is 6.26. The van der Waals surface area contributed by atoms with Gasteiger partial charge in [-0.1, -0.05) is 184 Å². The van der Waals surface area contributed by atoms with Gasteiger partial charge >= 0.3 is 19.8 Å². The van der Waals surface area contributed by atoms with Gasteiger partial charge in [0.15, 0.2) is 6.10 Å². The lowest BCUT2D eigenvalue weighted by Gasteiger charge is -2.18. The molecule has 0 saturated carbocycles. The van der Waals surface area contributed by atoms with E-state index in [2.05, 4.69) is 60.9 Å². The molecule has 0 aromatic rings. The van der Waals surface area contributed by atoms with Crippen LogP contribution >= 0.6 is 7.82 Å². The first-order valence-corrected chi connectivity index (χ1v) is 23.0. The lowest BCUT2D eigenvalue weighted by atomic mass is 10.0. The molecule has 0 spiro atoms. The van der Waals surface area contributed by atoms with Crippen LogP contribution in [0.3, 0.4) is 0 Å². The summed E-state index contributed by atoms with van der Waals surface area (Å²) in [7, 11) is -4.76. The third-order valence-corrected chi connectivity index (χ3v) is 9.59. The minimum absolute atomic E-state index is 0.192. The van der Waals surface area contributed by atoms with E-state index in [9.17, 15) is 14.2 Å². The highest BCUT2D eigenvalue weighted by atomic mass is 31.2. The number of phosphoric acid groups is 1. The number of allylic oxidation sites excluding steroid dienone is 8. The van der Waals surface area contributed by atoms with Crippen LogP contribution in [-0.4, -0.2) is 41.0 Å². The van der Waals surface area contributed by atoms with Crippen LogP contribution in [0.4, 0.5) is 0 Å². The number of hydrogen-bond donors (Lipinski definition) is 2. The summed E-state index contributed by atoms with van der Waals surface area (Å²) in [6, 6.07) is 0. The predicted octanol–water partition coefficient (Wildman–Crippen LogP) is 13.1. The van der Waals surface area contributed by atoms with E-state index in [-0.39, 0.29) is 19.4 Å². The van der Waals surface area contributed by atoms with Crippen molar-refractivity contribution < 1.29 is 37.9 Å². The molecule has 0 fully saturated rings. The molecule has 0 aromatic carbocycles. The molecule has 0 aromatic heterocycles. The second kappa shape index (κ2) is 39.7. The van der Waals surface area contributed by atoms with Crippen molar-refractivity contribution in [3.63, 3.8) is 0 Å². The van der Waals surface area contributed by atoms with Crippen molar-refractivity contribution in [1.29, 1.82) is 0 Å². The van der Waals surface area contributed by atoms with Gasteiger partial charge in [0.25, 0.3) is 0 Å². The summed E-state index contributed by atoms with van der Waals surface area (Å²) in [6.45, 7) is 3.64. The highest BCUT2D eigenvalue weighted by Crippen LogP contribution is 2.36. The zero-order chi connectivity index (χ0) is 38.9. The van der Waals surface area contributed by atoms with Gasteiger partial charge in [0.2, 0.25) is 0 Å². The summed E-state index contributed by atoms with van der Waals surface area (Å²) in [5.41, 5.74) is 0. The Kier molecular flexibility index (Phi) is 38.2. The maximum Gasteiger partial charge on any atom is 0.469 e. The summed E-state index contributed by atoms with van der Waals surface area (Å²) in [4.78, 5) is 42.8. The molecule has 53 heavy (non-hydrogen) atoms. The summed E-state index contributed by atoms with van der Waals surface area (Å²) in [6.07, 6.45) is 48.4. The molecule has 9 heteroatoms. The van der Waals surface area contributed by atoms with E-state index in [0.717, 1.165) is 44.9 Å². The van der Waals surface area contributed by atoms with E-state index in [0.29, 0.717) is 12.8 Å². The van der Waals surface area contributed by atoms with Gasteiger partial charge in [0.1, 0.15) is 6.61 Å². The number of carbonyl (C=O) groups is 2. The zero-order valence-corrected chi connectivity index (χ0v) is 34.8. The number of unbranched alkanes of at least 4 members (excludes halogenated alkanes) is 21. The van der Waals surface area contributed by atoms with Gasteiger partial charge in [-0.2, -0.15) is 0 Å². The Labute approximate surface area is 324 Å². The molecule has 0 radical (unpaired) electrons. The zero-order valence-electron chi connectivity index (χ0n) is 33.9. The number of rotatable bonds is 39. The van der Waals surface area contributed by atoms with E-state index in [1.54, 1.807) is 0 Å². The largest absolute Gasteiger partial charge is 0.469 e. The molecule has 2 N–H and O–H groups in total. The van der Waals surface area contributed by atoms with Crippen molar-refractivity contribution in [2.24, 2.45) is 0 Å². The molecule has 308 valence electrons. The maximum absolute atomic E-state index is 12.4. The topological polar surface area (TPSA) is 119 Å². The smallest absolute Gasteiger partial charge is 0.462 e. The maximum atomic E-state index is 12.4. The molecular weight excluding hydrogens is 687 g/mol. The van der Waals surface area contributed by atoms with Gasteiger partial charge < -0.3 is 19.3 Å². The SMILES string of the molecule is CCCCCCCCC/C=C/C/C=C/C/C=C/C/C=C/CCCC(=O)OC[C@H](COP(=O)(O)O)OC(=O)CCCCCCCCCCCCCCCC. The molecule has 0 rings (SSSR count). The van der Waals surface area contributed by atoms with Crippen molar-refractivity contribution in [1.82, 2.24) is 0 Å². The van der Waals surface area contributed by atoms with Crippen molar-refractivity contribution in [3.8, 4) is 0 Å². The van der Waals surface area contributed by atoms with Crippen LogP contribution in [0, 0.1) is 0 Å². The van der Waals surface area contributed by atoms with Crippen LogP contribution in [0.15, 0.2) is 48.6 Å². The van der Waals surface area contributed by atoms with Gasteiger partial charge in [-0.3, -0.25) is 14.1 Å². The third-order valence-electron chi connectivity index (χ3n) is 9.10. The lowest BCUT2D eigenvalue weighted by molar-refractivity contribution is -0.161. The Hall–Kier alpha value is -1.99. The molecule has 0 saturated heterocycles. The monoisotopic (exact) mass is 767 g/mol. The molecular formula is C44H79O8P. The summed E-state index contributed by atoms with van der Waals surface area (Å²) in [5.74, 6) is -0.946. The second-order valence-electron chi connectivity index (χ2n) is 14.3. The highest BCUT2D eigenvalue weighted by molar-refractivity contribution is 7.46. The molecule has 0 amide bonds. The van der Waals surface area contributed by atoms with Crippen LogP contribution in [0.5, 0.6) is 0 Å². The van der Waals surface area contributed by atoms with E-state index in [4.69, 9.17) is 19.3 Å². The molecule has 0 unspecified atom stereocenters. The minimum Gasteiger partial charge on any atom is -0.462 e. The van der Waals surface area contributed by atoms with Gasteiger partial charge in [0, 0.05) is 12.8 Å². The van der Waals surface area contributed by atoms with E-state index < -0.39 is 32.5 Å². The van der Waals surface area contributed by atoms with E-state index >= 15 is 0 Å². The summed E-state index contributed by atoms with van der Waals surface area (Å²) in [5, 5.41) is 0. The quantitative estimate of drug-likeness (QED) is 0.0275. The van der Waals surface area contributed by atoms with Crippen molar-refractivity contribution >= 4 is 19.8 Å². The average Bonchev–Trinajstić information content (AvgIpc) is 3.13. The van der Waals surface area contributed by atoms with E-state index in [1.807, 2.05) is 6.08 Å². The first kappa shape index (κ1) is 51.0.